The maximum atomic E-state index is 13.0. The second kappa shape index (κ2) is 7.50. The Balaban J connectivity index is 1.91. The Morgan fingerprint density at radius 3 is 2.56 bits per heavy atom. The first-order valence-corrected chi connectivity index (χ1v) is 10.6. The Hall–Kier alpha value is -1.34. The fourth-order valence-electron chi connectivity index (χ4n) is 3.21. The quantitative estimate of drug-likeness (QED) is 0.599. The van der Waals surface area contributed by atoms with Gasteiger partial charge in [0.25, 0.3) is 5.56 Å². The van der Waals surface area contributed by atoms with Crippen LogP contribution in [0, 0.1) is 13.8 Å². The monoisotopic (exact) mass is 379 g/mol. The average Bonchev–Trinajstić information content (AvgIpc) is 2.87. The summed E-state index contributed by atoms with van der Waals surface area (Å²) in [5.74, 6) is 0.487. The molecule has 1 saturated heterocycles. The second-order valence-corrected chi connectivity index (χ2v) is 9.00. The van der Waals surface area contributed by atoms with E-state index < -0.39 is 0 Å². The van der Waals surface area contributed by atoms with E-state index in [9.17, 15) is 9.59 Å². The van der Waals surface area contributed by atoms with E-state index in [0.717, 1.165) is 46.6 Å². The Bertz CT molecular complexity index is 848. The van der Waals surface area contributed by atoms with Crippen molar-refractivity contribution < 1.29 is 4.79 Å². The van der Waals surface area contributed by atoms with Gasteiger partial charge in [0, 0.05) is 24.0 Å². The lowest BCUT2D eigenvalue weighted by atomic mass is 10.1. The topological polar surface area (TPSA) is 55.2 Å². The fourth-order valence-corrected chi connectivity index (χ4v) is 5.31. The van der Waals surface area contributed by atoms with Crippen LogP contribution in [-0.2, 0) is 4.79 Å². The molecule has 0 aliphatic carbocycles. The van der Waals surface area contributed by atoms with E-state index in [4.69, 9.17) is 4.98 Å². The first kappa shape index (κ1) is 18.5. The van der Waals surface area contributed by atoms with Crippen LogP contribution in [0.3, 0.4) is 0 Å². The smallest absolute Gasteiger partial charge is 0.263 e. The van der Waals surface area contributed by atoms with Crippen LogP contribution in [0.1, 0.15) is 49.6 Å². The predicted molar refractivity (Wildman–Crippen MR) is 105 cm³/mol. The van der Waals surface area contributed by atoms with Gasteiger partial charge in [0.2, 0.25) is 5.91 Å². The van der Waals surface area contributed by atoms with Gasteiger partial charge in [-0.15, -0.1) is 11.3 Å². The summed E-state index contributed by atoms with van der Waals surface area (Å²) < 4.78 is 1.73. The molecule has 3 heterocycles. The zero-order valence-corrected chi connectivity index (χ0v) is 16.9. The molecule has 0 saturated carbocycles. The highest BCUT2D eigenvalue weighted by Gasteiger charge is 2.21. The van der Waals surface area contributed by atoms with Gasteiger partial charge in [0.1, 0.15) is 4.83 Å². The van der Waals surface area contributed by atoms with Crippen molar-refractivity contribution >= 4 is 39.2 Å². The number of carbonyl (C=O) groups is 1. The number of fused-ring (bicyclic) bond motifs is 1. The zero-order chi connectivity index (χ0) is 18.1. The van der Waals surface area contributed by atoms with Crippen LogP contribution in [0.2, 0.25) is 0 Å². The number of likely N-dealkylation sites (tertiary alicyclic amines) is 1. The minimum absolute atomic E-state index is 0.00905. The molecule has 1 amide bonds. The number of aromatic nitrogens is 2. The Kier molecular flexibility index (Phi) is 5.53. The number of nitrogens with zero attached hydrogens (tertiary/aromatic N) is 3. The fraction of sp³-hybridized carbons (Fsp3) is 0.611. The van der Waals surface area contributed by atoms with E-state index in [1.165, 1.54) is 18.2 Å². The van der Waals surface area contributed by atoms with E-state index in [1.54, 1.807) is 15.9 Å². The summed E-state index contributed by atoms with van der Waals surface area (Å²) in [7, 11) is 0. The molecule has 0 unspecified atom stereocenters. The van der Waals surface area contributed by atoms with Gasteiger partial charge >= 0.3 is 0 Å². The molecule has 2 aromatic heterocycles. The van der Waals surface area contributed by atoms with Crippen molar-refractivity contribution in [2.24, 2.45) is 0 Å². The summed E-state index contributed by atoms with van der Waals surface area (Å²) in [5.41, 5.74) is 1.03. The molecule has 25 heavy (non-hydrogen) atoms. The molecule has 0 aromatic carbocycles. The number of amides is 1. The molecular weight excluding hydrogens is 354 g/mol. The van der Waals surface area contributed by atoms with E-state index in [0.29, 0.717) is 10.9 Å². The highest BCUT2D eigenvalue weighted by atomic mass is 32.2. The van der Waals surface area contributed by atoms with Gasteiger partial charge in [0.15, 0.2) is 5.16 Å². The van der Waals surface area contributed by atoms with E-state index in [-0.39, 0.29) is 17.5 Å². The van der Waals surface area contributed by atoms with Crippen molar-refractivity contribution in [3.05, 3.63) is 20.8 Å². The van der Waals surface area contributed by atoms with Crippen molar-refractivity contribution in [3.63, 3.8) is 0 Å². The van der Waals surface area contributed by atoms with Gasteiger partial charge in [0.05, 0.1) is 11.1 Å². The van der Waals surface area contributed by atoms with Crippen LogP contribution in [0.15, 0.2) is 9.95 Å². The molecule has 1 fully saturated rings. The number of piperidine rings is 1. The van der Waals surface area contributed by atoms with Crippen LogP contribution < -0.4 is 5.56 Å². The molecule has 1 aliphatic rings. The standard InChI is InChI=1S/C18H25N3O2S2/c1-11(2)21-17(23)15-12(3)13(4)25-16(15)19-18(21)24-10-14(22)20-8-6-5-7-9-20/h11H,5-10H2,1-4H3. The summed E-state index contributed by atoms with van der Waals surface area (Å²) in [5, 5.41) is 1.38. The van der Waals surface area contributed by atoms with Crippen LogP contribution >= 0.6 is 23.1 Å². The van der Waals surface area contributed by atoms with Gasteiger partial charge in [-0.2, -0.15) is 0 Å². The highest BCUT2D eigenvalue weighted by Crippen LogP contribution is 2.29. The number of thiophene rings is 1. The zero-order valence-electron chi connectivity index (χ0n) is 15.3. The number of aryl methyl sites for hydroxylation is 2. The lowest BCUT2D eigenvalue weighted by Gasteiger charge is -2.26. The molecule has 1 aliphatic heterocycles. The predicted octanol–water partition coefficient (Wildman–Crippen LogP) is 3.76. The van der Waals surface area contributed by atoms with Crippen molar-refractivity contribution in [3.8, 4) is 0 Å². The number of thioether (sulfide) groups is 1. The lowest BCUT2D eigenvalue weighted by Crippen LogP contribution is -2.37. The molecule has 0 spiro atoms. The molecule has 3 rings (SSSR count). The Morgan fingerprint density at radius 2 is 1.92 bits per heavy atom. The minimum atomic E-state index is 0.00905. The van der Waals surface area contributed by atoms with Crippen LogP contribution in [0.4, 0.5) is 0 Å². The minimum Gasteiger partial charge on any atom is -0.342 e. The number of hydrogen-bond donors (Lipinski definition) is 0. The summed E-state index contributed by atoms with van der Waals surface area (Å²) in [6.45, 7) is 9.68. The third-order valence-electron chi connectivity index (χ3n) is 4.75. The molecule has 0 bridgehead atoms. The molecule has 5 nitrogen and oxygen atoms in total. The highest BCUT2D eigenvalue weighted by molar-refractivity contribution is 7.99. The summed E-state index contributed by atoms with van der Waals surface area (Å²) in [4.78, 5) is 34.0. The SMILES string of the molecule is Cc1sc2nc(SCC(=O)N3CCCCC3)n(C(C)C)c(=O)c2c1C. The summed E-state index contributed by atoms with van der Waals surface area (Å²) in [6, 6.07) is 0.0107. The molecule has 0 atom stereocenters. The van der Waals surface area contributed by atoms with Crippen molar-refractivity contribution in [1.29, 1.82) is 0 Å². The second-order valence-electron chi connectivity index (χ2n) is 6.86. The van der Waals surface area contributed by atoms with Gasteiger partial charge < -0.3 is 4.90 Å². The number of hydrogen-bond acceptors (Lipinski definition) is 5. The number of carbonyl (C=O) groups excluding carboxylic acids is 1. The van der Waals surface area contributed by atoms with E-state index >= 15 is 0 Å². The van der Waals surface area contributed by atoms with Gasteiger partial charge in [-0.3, -0.25) is 14.2 Å². The summed E-state index contributed by atoms with van der Waals surface area (Å²) in [6.07, 6.45) is 3.38. The largest absolute Gasteiger partial charge is 0.342 e. The Labute approximate surface area is 156 Å². The van der Waals surface area contributed by atoms with Crippen molar-refractivity contribution in [1.82, 2.24) is 14.5 Å². The number of rotatable bonds is 4. The maximum Gasteiger partial charge on any atom is 0.263 e. The Morgan fingerprint density at radius 1 is 1.24 bits per heavy atom. The third kappa shape index (κ3) is 3.62. The van der Waals surface area contributed by atoms with Crippen molar-refractivity contribution in [2.75, 3.05) is 18.8 Å². The van der Waals surface area contributed by atoms with Gasteiger partial charge in [-0.1, -0.05) is 11.8 Å². The first-order chi connectivity index (χ1) is 11.9. The third-order valence-corrected chi connectivity index (χ3v) is 6.79. The molecule has 0 radical (unpaired) electrons. The first-order valence-electron chi connectivity index (χ1n) is 8.83. The van der Waals surface area contributed by atoms with Gasteiger partial charge in [-0.25, -0.2) is 4.98 Å². The molecule has 0 N–H and O–H groups in total. The normalized spacial score (nSPS) is 15.3. The maximum absolute atomic E-state index is 13.0. The molecular formula is C18H25N3O2S2. The molecule has 136 valence electrons. The van der Waals surface area contributed by atoms with E-state index in [2.05, 4.69) is 0 Å². The summed E-state index contributed by atoms with van der Waals surface area (Å²) >= 11 is 2.95. The van der Waals surface area contributed by atoms with Crippen molar-refractivity contribution in [2.45, 2.75) is 58.2 Å². The molecule has 7 heteroatoms. The van der Waals surface area contributed by atoms with E-state index in [1.807, 2.05) is 32.6 Å². The average molecular weight is 380 g/mol. The van der Waals surface area contributed by atoms with Crippen LogP contribution in [0.5, 0.6) is 0 Å². The lowest BCUT2D eigenvalue weighted by molar-refractivity contribution is -0.129. The van der Waals surface area contributed by atoms with Crippen LogP contribution in [0.25, 0.3) is 10.2 Å². The molecule has 2 aromatic rings. The van der Waals surface area contributed by atoms with Crippen LogP contribution in [-0.4, -0.2) is 39.2 Å². The van der Waals surface area contributed by atoms with Gasteiger partial charge in [-0.05, 0) is 52.5 Å².